The van der Waals surface area contributed by atoms with Gasteiger partial charge >= 0.3 is 0 Å². The van der Waals surface area contributed by atoms with E-state index in [0.29, 0.717) is 0 Å². The first kappa shape index (κ1) is 13.9. The van der Waals surface area contributed by atoms with Crippen LogP contribution in [0.3, 0.4) is 0 Å². The summed E-state index contributed by atoms with van der Waals surface area (Å²) in [6.45, 7) is 5.63. The Labute approximate surface area is 100 Å². The molecule has 1 fully saturated rings. The Bertz CT molecular complexity index is 179. The van der Waals surface area contributed by atoms with Gasteiger partial charge in [-0.05, 0) is 65.8 Å². The van der Waals surface area contributed by atoms with Crippen molar-refractivity contribution in [2.45, 2.75) is 51.2 Å². The van der Waals surface area contributed by atoms with Crippen molar-refractivity contribution < 1.29 is 5.11 Å². The van der Waals surface area contributed by atoms with Crippen LogP contribution >= 0.6 is 0 Å². The molecule has 0 aromatic rings. The average molecular weight is 228 g/mol. The van der Waals surface area contributed by atoms with Crippen LogP contribution in [0.15, 0.2) is 0 Å². The minimum Gasteiger partial charge on any atom is -0.393 e. The van der Waals surface area contributed by atoms with Gasteiger partial charge in [-0.1, -0.05) is 6.92 Å². The fourth-order valence-corrected chi connectivity index (χ4v) is 2.40. The van der Waals surface area contributed by atoms with E-state index in [0.717, 1.165) is 31.8 Å². The Kier molecular flexibility index (Phi) is 6.32. The summed E-state index contributed by atoms with van der Waals surface area (Å²) in [7, 11) is 4.43. The summed E-state index contributed by atoms with van der Waals surface area (Å²) in [6, 6.07) is 0.759. The lowest BCUT2D eigenvalue weighted by Gasteiger charge is -2.35. The van der Waals surface area contributed by atoms with Crippen molar-refractivity contribution in [1.82, 2.24) is 9.80 Å². The van der Waals surface area contributed by atoms with E-state index in [1.54, 1.807) is 0 Å². The van der Waals surface area contributed by atoms with E-state index in [4.69, 9.17) is 0 Å². The molecule has 1 N–H and O–H groups in total. The van der Waals surface area contributed by atoms with Crippen LogP contribution in [0.25, 0.3) is 0 Å². The molecule has 0 saturated carbocycles. The third-order valence-electron chi connectivity index (χ3n) is 3.83. The third-order valence-corrected chi connectivity index (χ3v) is 3.83. The Morgan fingerprint density at radius 1 is 1.38 bits per heavy atom. The highest BCUT2D eigenvalue weighted by Crippen LogP contribution is 2.14. The molecule has 1 atom stereocenters. The van der Waals surface area contributed by atoms with Crippen LogP contribution in [0, 0.1) is 0 Å². The normalized spacial score (nSPS) is 21.6. The number of aliphatic hydroxyl groups is 1. The number of nitrogens with zero attached hydrogens (tertiary/aromatic N) is 2. The molecule has 1 saturated heterocycles. The van der Waals surface area contributed by atoms with Crippen LogP contribution in [-0.2, 0) is 0 Å². The van der Waals surface area contributed by atoms with Crippen molar-refractivity contribution in [3.05, 3.63) is 0 Å². The Hall–Kier alpha value is -0.120. The first-order chi connectivity index (χ1) is 7.63. The summed E-state index contributed by atoms with van der Waals surface area (Å²) in [5.41, 5.74) is 0. The van der Waals surface area contributed by atoms with Crippen molar-refractivity contribution >= 4 is 0 Å². The Morgan fingerprint density at radius 3 is 2.56 bits per heavy atom. The van der Waals surface area contributed by atoms with E-state index in [1.165, 1.54) is 25.9 Å². The van der Waals surface area contributed by atoms with Gasteiger partial charge < -0.3 is 14.9 Å². The molecule has 1 aliphatic rings. The SMILES string of the molecule is CCC(O)CCCN(C)C1CCN(C)CC1. The number of rotatable bonds is 6. The largest absolute Gasteiger partial charge is 0.393 e. The van der Waals surface area contributed by atoms with E-state index in [2.05, 4.69) is 23.9 Å². The standard InChI is InChI=1S/C13H28N2O/c1-4-13(16)6-5-9-15(3)12-7-10-14(2)11-8-12/h12-13,16H,4-11H2,1-3H3. The van der Waals surface area contributed by atoms with Gasteiger partial charge in [0.2, 0.25) is 0 Å². The smallest absolute Gasteiger partial charge is 0.0538 e. The van der Waals surface area contributed by atoms with Crippen molar-refractivity contribution in [2.24, 2.45) is 0 Å². The molecule has 3 heteroatoms. The lowest BCUT2D eigenvalue weighted by molar-refractivity contribution is 0.125. The molecule has 0 amide bonds. The summed E-state index contributed by atoms with van der Waals surface area (Å²) in [4.78, 5) is 4.89. The topological polar surface area (TPSA) is 26.7 Å². The number of hydrogen-bond acceptors (Lipinski definition) is 3. The van der Waals surface area contributed by atoms with E-state index in [9.17, 15) is 5.11 Å². The molecule has 96 valence electrons. The average Bonchev–Trinajstić information content (AvgIpc) is 2.29. The maximum absolute atomic E-state index is 9.49. The fourth-order valence-electron chi connectivity index (χ4n) is 2.40. The molecule has 1 unspecified atom stereocenters. The Morgan fingerprint density at radius 2 is 2.00 bits per heavy atom. The maximum Gasteiger partial charge on any atom is 0.0538 e. The summed E-state index contributed by atoms with van der Waals surface area (Å²) in [5, 5.41) is 9.49. The molecule has 1 rings (SSSR count). The molecule has 3 nitrogen and oxygen atoms in total. The number of piperidine rings is 1. The van der Waals surface area contributed by atoms with E-state index in [-0.39, 0.29) is 6.10 Å². The predicted octanol–water partition coefficient (Wildman–Crippen LogP) is 1.56. The second-order valence-corrected chi connectivity index (χ2v) is 5.22. The molecule has 1 aliphatic heterocycles. The zero-order valence-electron chi connectivity index (χ0n) is 11.2. The molecule has 0 aliphatic carbocycles. The van der Waals surface area contributed by atoms with Crippen LogP contribution in [0.2, 0.25) is 0 Å². The lowest BCUT2D eigenvalue weighted by Crippen LogP contribution is -2.42. The summed E-state index contributed by atoms with van der Waals surface area (Å²) in [5.74, 6) is 0. The summed E-state index contributed by atoms with van der Waals surface area (Å²) >= 11 is 0. The number of likely N-dealkylation sites (tertiary alicyclic amines) is 1. The van der Waals surface area contributed by atoms with Gasteiger partial charge in [0.25, 0.3) is 0 Å². The monoisotopic (exact) mass is 228 g/mol. The minimum absolute atomic E-state index is 0.0918. The van der Waals surface area contributed by atoms with Crippen LogP contribution in [0.4, 0.5) is 0 Å². The van der Waals surface area contributed by atoms with Gasteiger partial charge in [-0.25, -0.2) is 0 Å². The summed E-state index contributed by atoms with van der Waals surface area (Å²) in [6.07, 6.45) is 5.46. The van der Waals surface area contributed by atoms with Crippen LogP contribution in [-0.4, -0.2) is 60.8 Å². The molecule has 0 aromatic carbocycles. The zero-order chi connectivity index (χ0) is 12.0. The third kappa shape index (κ3) is 4.81. The van der Waals surface area contributed by atoms with Crippen molar-refractivity contribution in [2.75, 3.05) is 33.7 Å². The van der Waals surface area contributed by atoms with Crippen LogP contribution in [0.5, 0.6) is 0 Å². The first-order valence-corrected chi connectivity index (χ1v) is 6.70. The van der Waals surface area contributed by atoms with E-state index in [1.807, 2.05) is 6.92 Å². The molecule has 0 bridgehead atoms. The first-order valence-electron chi connectivity index (χ1n) is 6.70. The lowest BCUT2D eigenvalue weighted by atomic mass is 10.0. The van der Waals surface area contributed by atoms with Crippen LogP contribution < -0.4 is 0 Å². The highest BCUT2D eigenvalue weighted by atomic mass is 16.3. The van der Waals surface area contributed by atoms with Gasteiger partial charge in [0.1, 0.15) is 0 Å². The quantitative estimate of drug-likeness (QED) is 0.747. The maximum atomic E-state index is 9.49. The van der Waals surface area contributed by atoms with Crippen molar-refractivity contribution in [1.29, 1.82) is 0 Å². The second kappa shape index (κ2) is 7.25. The van der Waals surface area contributed by atoms with Crippen molar-refractivity contribution in [3.8, 4) is 0 Å². The van der Waals surface area contributed by atoms with Gasteiger partial charge in [-0.15, -0.1) is 0 Å². The number of aliphatic hydroxyl groups excluding tert-OH is 1. The molecule has 0 radical (unpaired) electrons. The minimum atomic E-state index is -0.0918. The Balaban J connectivity index is 2.12. The zero-order valence-corrected chi connectivity index (χ0v) is 11.2. The van der Waals surface area contributed by atoms with E-state index >= 15 is 0 Å². The molecule has 0 spiro atoms. The second-order valence-electron chi connectivity index (χ2n) is 5.22. The van der Waals surface area contributed by atoms with Gasteiger partial charge in [-0.2, -0.15) is 0 Å². The molecule has 0 aromatic heterocycles. The number of hydrogen-bond donors (Lipinski definition) is 1. The van der Waals surface area contributed by atoms with Gasteiger partial charge in [0, 0.05) is 6.04 Å². The van der Waals surface area contributed by atoms with Crippen LogP contribution in [0.1, 0.15) is 39.0 Å². The molecule has 16 heavy (non-hydrogen) atoms. The van der Waals surface area contributed by atoms with Gasteiger partial charge in [0.05, 0.1) is 6.10 Å². The van der Waals surface area contributed by atoms with Gasteiger partial charge in [-0.3, -0.25) is 0 Å². The predicted molar refractivity (Wildman–Crippen MR) is 68.7 cm³/mol. The van der Waals surface area contributed by atoms with E-state index < -0.39 is 0 Å². The van der Waals surface area contributed by atoms with Crippen molar-refractivity contribution in [3.63, 3.8) is 0 Å². The highest BCUT2D eigenvalue weighted by Gasteiger charge is 2.19. The molecular formula is C13H28N2O. The fraction of sp³-hybridized carbons (Fsp3) is 1.00. The molecular weight excluding hydrogens is 200 g/mol. The highest BCUT2D eigenvalue weighted by molar-refractivity contribution is 4.76. The van der Waals surface area contributed by atoms with Gasteiger partial charge in [0.15, 0.2) is 0 Å². The summed E-state index contributed by atoms with van der Waals surface area (Å²) < 4.78 is 0. The molecule has 1 heterocycles.